The highest BCUT2D eigenvalue weighted by molar-refractivity contribution is 5.84. The van der Waals surface area contributed by atoms with Crippen LogP contribution in [0.4, 0.5) is 8.78 Å². The average molecular weight is 195 g/mol. The number of aromatic nitrogens is 1. The fourth-order valence-corrected chi connectivity index (χ4v) is 1.29. The standard InChI is InChI=1S/C10H7F2NO/c1-14-10-2-3-13-9-5-8(12)7(11)4-6(9)10/h2-5H,1H3. The molecule has 72 valence electrons. The third-order valence-corrected chi connectivity index (χ3v) is 1.96. The van der Waals surface area contributed by atoms with Crippen LogP contribution in [-0.4, -0.2) is 12.1 Å². The summed E-state index contributed by atoms with van der Waals surface area (Å²) in [7, 11) is 1.47. The molecule has 1 heterocycles. The van der Waals surface area contributed by atoms with Gasteiger partial charge in [0.25, 0.3) is 0 Å². The van der Waals surface area contributed by atoms with E-state index in [1.165, 1.54) is 13.3 Å². The summed E-state index contributed by atoms with van der Waals surface area (Å²) in [5, 5.41) is 0.467. The molecule has 0 spiro atoms. The molecular weight excluding hydrogens is 188 g/mol. The first-order valence-electron chi connectivity index (χ1n) is 4.00. The van der Waals surface area contributed by atoms with Crippen LogP contribution >= 0.6 is 0 Å². The van der Waals surface area contributed by atoms with Crippen LogP contribution in [0.15, 0.2) is 24.4 Å². The van der Waals surface area contributed by atoms with E-state index in [1.807, 2.05) is 0 Å². The second-order valence-corrected chi connectivity index (χ2v) is 2.80. The number of hydrogen-bond acceptors (Lipinski definition) is 2. The number of ether oxygens (including phenoxy) is 1. The number of halogens is 2. The van der Waals surface area contributed by atoms with Crippen molar-refractivity contribution in [3.05, 3.63) is 36.0 Å². The van der Waals surface area contributed by atoms with Gasteiger partial charge in [0.05, 0.1) is 12.6 Å². The predicted octanol–water partition coefficient (Wildman–Crippen LogP) is 2.52. The van der Waals surface area contributed by atoms with Gasteiger partial charge in [-0.25, -0.2) is 8.78 Å². The number of nitrogens with zero attached hydrogens (tertiary/aromatic N) is 1. The summed E-state index contributed by atoms with van der Waals surface area (Å²) in [6.07, 6.45) is 1.48. The van der Waals surface area contributed by atoms with Crippen LogP contribution in [0.3, 0.4) is 0 Å². The zero-order valence-corrected chi connectivity index (χ0v) is 7.42. The summed E-state index contributed by atoms with van der Waals surface area (Å²) in [5.74, 6) is -1.32. The molecule has 2 nitrogen and oxygen atoms in total. The van der Waals surface area contributed by atoms with Gasteiger partial charge in [-0.2, -0.15) is 0 Å². The first-order chi connectivity index (χ1) is 6.72. The fraction of sp³-hybridized carbons (Fsp3) is 0.100. The lowest BCUT2D eigenvalue weighted by atomic mass is 10.2. The topological polar surface area (TPSA) is 22.1 Å². The van der Waals surface area contributed by atoms with E-state index >= 15 is 0 Å². The van der Waals surface area contributed by atoms with Gasteiger partial charge in [-0.15, -0.1) is 0 Å². The SMILES string of the molecule is COc1ccnc2cc(F)c(F)cc12. The smallest absolute Gasteiger partial charge is 0.161 e. The van der Waals surface area contributed by atoms with Gasteiger partial charge in [0.15, 0.2) is 11.6 Å². The molecule has 0 aliphatic rings. The van der Waals surface area contributed by atoms with Crippen molar-refractivity contribution >= 4 is 10.9 Å². The number of fused-ring (bicyclic) bond motifs is 1. The molecule has 0 saturated carbocycles. The van der Waals surface area contributed by atoms with E-state index in [0.29, 0.717) is 16.7 Å². The quantitative estimate of drug-likeness (QED) is 0.697. The Morgan fingerprint density at radius 1 is 1.21 bits per heavy atom. The van der Waals surface area contributed by atoms with Crippen molar-refractivity contribution in [1.29, 1.82) is 0 Å². The van der Waals surface area contributed by atoms with Crippen LogP contribution < -0.4 is 4.74 Å². The van der Waals surface area contributed by atoms with Gasteiger partial charge >= 0.3 is 0 Å². The molecule has 0 bridgehead atoms. The molecule has 0 atom stereocenters. The van der Waals surface area contributed by atoms with E-state index in [2.05, 4.69) is 4.98 Å². The van der Waals surface area contributed by atoms with E-state index in [-0.39, 0.29) is 0 Å². The minimum atomic E-state index is -0.904. The largest absolute Gasteiger partial charge is 0.496 e. The maximum absolute atomic E-state index is 12.9. The minimum absolute atomic E-state index is 0.378. The molecule has 14 heavy (non-hydrogen) atoms. The van der Waals surface area contributed by atoms with Gasteiger partial charge in [0.2, 0.25) is 0 Å². The molecule has 0 amide bonds. The summed E-state index contributed by atoms with van der Waals surface area (Å²) in [6, 6.07) is 3.73. The number of hydrogen-bond donors (Lipinski definition) is 0. The molecule has 1 aromatic heterocycles. The van der Waals surface area contributed by atoms with Gasteiger partial charge in [0, 0.05) is 17.6 Å². The number of benzene rings is 1. The summed E-state index contributed by atoms with van der Waals surface area (Å²) >= 11 is 0. The Labute approximate surface area is 79.1 Å². The zero-order chi connectivity index (χ0) is 10.1. The number of methoxy groups -OCH3 is 1. The summed E-state index contributed by atoms with van der Waals surface area (Å²) in [5.41, 5.74) is 0.378. The van der Waals surface area contributed by atoms with Crippen molar-refractivity contribution in [1.82, 2.24) is 4.98 Å². The summed E-state index contributed by atoms with van der Waals surface area (Å²) in [4.78, 5) is 3.91. The second kappa shape index (κ2) is 3.21. The molecule has 0 aliphatic heterocycles. The first kappa shape index (κ1) is 8.87. The highest BCUT2D eigenvalue weighted by Gasteiger charge is 2.07. The minimum Gasteiger partial charge on any atom is -0.496 e. The highest BCUT2D eigenvalue weighted by Crippen LogP contribution is 2.25. The Hall–Kier alpha value is -1.71. The summed E-state index contributed by atoms with van der Waals surface area (Å²) < 4.78 is 30.7. The Balaban J connectivity index is 2.81. The molecule has 2 rings (SSSR count). The number of rotatable bonds is 1. The van der Waals surface area contributed by atoms with Crippen molar-refractivity contribution < 1.29 is 13.5 Å². The van der Waals surface area contributed by atoms with E-state index in [4.69, 9.17) is 4.74 Å². The van der Waals surface area contributed by atoms with Gasteiger partial charge in [-0.1, -0.05) is 0 Å². The molecule has 1 aromatic carbocycles. The van der Waals surface area contributed by atoms with Crippen molar-refractivity contribution in [2.24, 2.45) is 0 Å². The molecule has 4 heteroatoms. The Morgan fingerprint density at radius 2 is 1.93 bits per heavy atom. The third-order valence-electron chi connectivity index (χ3n) is 1.96. The predicted molar refractivity (Wildman–Crippen MR) is 48.2 cm³/mol. The van der Waals surface area contributed by atoms with Crippen molar-refractivity contribution in [2.45, 2.75) is 0 Å². The normalized spacial score (nSPS) is 10.5. The van der Waals surface area contributed by atoms with E-state index in [9.17, 15) is 8.78 Å². The second-order valence-electron chi connectivity index (χ2n) is 2.80. The van der Waals surface area contributed by atoms with Crippen LogP contribution in [-0.2, 0) is 0 Å². The van der Waals surface area contributed by atoms with Gasteiger partial charge < -0.3 is 4.74 Å². The van der Waals surface area contributed by atoms with Gasteiger partial charge in [-0.3, -0.25) is 4.98 Å². The molecular formula is C10H7F2NO. The van der Waals surface area contributed by atoms with Crippen LogP contribution in [0.25, 0.3) is 10.9 Å². The molecule has 0 unspecified atom stereocenters. The Morgan fingerprint density at radius 3 is 2.64 bits per heavy atom. The van der Waals surface area contributed by atoms with Crippen LogP contribution in [0.5, 0.6) is 5.75 Å². The molecule has 0 radical (unpaired) electrons. The van der Waals surface area contributed by atoms with Crippen molar-refractivity contribution in [2.75, 3.05) is 7.11 Å². The van der Waals surface area contributed by atoms with Gasteiger partial charge in [-0.05, 0) is 12.1 Å². The molecule has 0 saturated heterocycles. The van der Waals surface area contributed by atoms with Gasteiger partial charge in [0.1, 0.15) is 5.75 Å². The van der Waals surface area contributed by atoms with Crippen molar-refractivity contribution in [3.63, 3.8) is 0 Å². The average Bonchev–Trinajstić information content (AvgIpc) is 2.19. The van der Waals surface area contributed by atoms with E-state index in [0.717, 1.165) is 12.1 Å². The highest BCUT2D eigenvalue weighted by atomic mass is 19.2. The lowest BCUT2D eigenvalue weighted by molar-refractivity contribution is 0.419. The summed E-state index contributed by atoms with van der Waals surface area (Å²) in [6.45, 7) is 0. The zero-order valence-electron chi connectivity index (χ0n) is 7.42. The molecule has 0 aliphatic carbocycles. The fourth-order valence-electron chi connectivity index (χ4n) is 1.29. The monoisotopic (exact) mass is 195 g/mol. The maximum Gasteiger partial charge on any atom is 0.161 e. The molecule has 2 aromatic rings. The molecule has 0 N–H and O–H groups in total. The van der Waals surface area contributed by atoms with Crippen LogP contribution in [0.1, 0.15) is 0 Å². The molecule has 0 fully saturated rings. The van der Waals surface area contributed by atoms with E-state index < -0.39 is 11.6 Å². The van der Waals surface area contributed by atoms with Crippen LogP contribution in [0, 0.1) is 11.6 Å². The Bertz CT molecular complexity index is 485. The Kier molecular flexibility index (Phi) is 2.04. The van der Waals surface area contributed by atoms with Crippen molar-refractivity contribution in [3.8, 4) is 5.75 Å². The lowest BCUT2D eigenvalue weighted by Crippen LogP contribution is -1.90. The lowest BCUT2D eigenvalue weighted by Gasteiger charge is -2.04. The first-order valence-corrected chi connectivity index (χ1v) is 4.00. The van der Waals surface area contributed by atoms with Crippen LogP contribution in [0.2, 0.25) is 0 Å². The van der Waals surface area contributed by atoms with E-state index in [1.54, 1.807) is 6.07 Å². The number of pyridine rings is 1. The third kappa shape index (κ3) is 1.28. The maximum atomic E-state index is 12.9.